The van der Waals surface area contributed by atoms with Crippen molar-refractivity contribution in [3.63, 3.8) is 0 Å². The molecule has 0 radical (unpaired) electrons. The second-order valence-electron chi connectivity index (χ2n) is 3.28. The third kappa shape index (κ3) is 5.71. The molecule has 8 nitrogen and oxygen atoms in total. The van der Waals surface area contributed by atoms with Gasteiger partial charge in [-0.25, -0.2) is 9.59 Å². The molecule has 0 aromatic rings. The Bertz CT molecular complexity index is 294. The van der Waals surface area contributed by atoms with Crippen molar-refractivity contribution in [2.24, 2.45) is 0 Å². The summed E-state index contributed by atoms with van der Waals surface area (Å²) in [5, 5.41) is 13.4. The van der Waals surface area contributed by atoms with E-state index in [1.807, 2.05) is 0 Å². The Morgan fingerprint density at radius 2 is 2.00 bits per heavy atom. The van der Waals surface area contributed by atoms with Crippen LogP contribution in [0.15, 0.2) is 0 Å². The molecule has 0 bridgehead atoms. The van der Waals surface area contributed by atoms with Gasteiger partial charge in [-0.2, -0.15) is 0 Å². The van der Waals surface area contributed by atoms with Gasteiger partial charge in [0.2, 0.25) is 5.91 Å². The molecule has 3 amide bonds. The first-order valence-corrected chi connectivity index (χ1v) is 4.87. The van der Waals surface area contributed by atoms with Gasteiger partial charge >= 0.3 is 12.0 Å². The number of nitrogens with zero attached hydrogens (tertiary/aromatic N) is 1. The van der Waals surface area contributed by atoms with Crippen LogP contribution >= 0.6 is 0 Å². The fourth-order valence-corrected chi connectivity index (χ4v) is 0.953. The van der Waals surface area contributed by atoms with Crippen molar-refractivity contribution in [2.75, 3.05) is 34.3 Å². The molecule has 0 fully saturated rings. The lowest BCUT2D eigenvalue weighted by atomic mass is 10.3. The van der Waals surface area contributed by atoms with E-state index >= 15 is 0 Å². The van der Waals surface area contributed by atoms with E-state index in [4.69, 9.17) is 5.11 Å². The highest BCUT2D eigenvalue weighted by atomic mass is 16.5. The average molecular weight is 247 g/mol. The highest BCUT2D eigenvalue weighted by Crippen LogP contribution is 1.90. The van der Waals surface area contributed by atoms with E-state index in [0.717, 1.165) is 4.90 Å². The molecular formula is C9H17N3O5. The first-order chi connectivity index (χ1) is 7.92. The van der Waals surface area contributed by atoms with Crippen molar-refractivity contribution in [2.45, 2.75) is 6.10 Å². The smallest absolute Gasteiger partial charge is 0.334 e. The van der Waals surface area contributed by atoms with Crippen LogP contribution in [0.1, 0.15) is 0 Å². The van der Waals surface area contributed by atoms with E-state index in [-0.39, 0.29) is 19.0 Å². The van der Waals surface area contributed by atoms with Crippen molar-refractivity contribution in [3.8, 4) is 0 Å². The van der Waals surface area contributed by atoms with Gasteiger partial charge in [-0.3, -0.25) is 4.79 Å². The zero-order valence-corrected chi connectivity index (χ0v) is 10.0. The summed E-state index contributed by atoms with van der Waals surface area (Å²) in [4.78, 5) is 34.1. The van der Waals surface area contributed by atoms with Gasteiger partial charge in [-0.15, -0.1) is 0 Å². The predicted molar refractivity (Wildman–Crippen MR) is 58.5 cm³/mol. The van der Waals surface area contributed by atoms with Crippen LogP contribution < -0.4 is 10.6 Å². The van der Waals surface area contributed by atoms with Crippen molar-refractivity contribution in [1.29, 1.82) is 0 Å². The maximum Gasteiger partial charge on any atom is 0.334 e. The molecule has 3 N–H and O–H groups in total. The molecule has 17 heavy (non-hydrogen) atoms. The molecule has 8 heteroatoms. The number of rotatable bonds is 6. The van der Waals surface area contributed by atoms with Gasteiger partial charge in [0.1, 0.15) is 6.54 Å². The molecule has 0 heterocycles. The van der Waals surface area contributed by atoms with Crippen LogP contribution in [-0.4, -0.2) is 68.3 Å². The van der Waals surface area contributed by atoms with Gasteiger partial charge in [0, 0.05) is 21.2 Å². The first kappa shape index (κ1) is 15.2. The molecule has 1 atom stereocenters. The van der Waals surface area contributed by atoms with Crippen molar-refractivity contribution >= 4 is 17.9 Å². The topological polar surface area (TPSA) is 108 Å². The molecule has 1 unspecified atom stereocenters. The molecule has 0 aromatic carbocycles. The van der Waals surface area contributed by atoms with E-state index in [1.165, 1.54) is 21.2 Å². The minimum atomic E-state index is -1.17. The second-order valence-corrected chi connectivity index (χ2v) is 3.28. The normalized spacial score (nSPS) is 11.5. The van der Waals surface area contributed by atoms with Crippen LogP contribution in [0.3, 0.4) is 0 Å². The van der Waals surface area contributed by atoms with Gasteiger partial charge in [0.05, 0.1) is 6.54 Å². The molecule has 0 saturated carbocycles. The number of carbonyl (C=O) groups is 3. The number of hydrogen-bond acceptors (Lipinski definition) is 4. The number of methoxy groups -OCH3 is 1. The molecule has 0 aliphatic carbocycles. The largest absolute Gasteiger partial charge is 0.479 e. The summed E-state index contributed by atoms with van der Waals surface area (Å²) < 4.78 is 4.63. The lowest BCUT2D eigenvalue weighted by molar-refractivity contribution is -0.148. The lowest BCUT2D eigenvalue weighted by Crippen LogP contribution is -2.46. The monoisotopic (exact) mass is 247 g/mol. The number of carboxylic acids is 1. The molecule has 0 spiro atoms. The summed E-state index contributed by atoms with van der Waals surface area (Å²) >= 11 is 0. The number of nitrogens with one attached hydrogen (secondary N) is 2. The Morgan fingerprint density at radius 3 is 2.41 bits per heavy atom. The van der Waals surface area contributed by atoms with Gasteiger partial charge in [-0.05, 0) is 0 Å². The van der Waals surface area contributed by atoms with Crippen LogP contribution in [0, 0.1) is 0 Å². The summed E-state index contributed by atoms with van der Waals surface area (Å²) in [6.45, 7) is -0.268. The summed E-state index contributed by atoms with van der Waals surface area (Å²) in [5.41, 5.74) is 0. The number of likely N-dealkylation sites (N-methyl/N-ethyl adjacent to an activating group) is 2. The lowest BCUT2D eigenvalue weighted by Gasteiger charge is -2.18. The molecule has 0 aliphatic rings. The van der Waals surface area contributed by atoms with Crippen LogP contribution in [-0.2, 0) is 14.3 Å². The minimum absolute atomic E-state index is 0.104. The van der Waals surface area contributed by atoms with E-state index in [9.17, 15) is 14.4 Å². The Morgan fingerprint density at radius 1 is 1.41 bits per heavy atom. The van der Waals surface area contributed by atoms with Gasteiger partial charge in [-0.1, -0.05) is 0 Å². The second kappa shape index (κ2) is 7.44. The average Bonchev–Trinajstić information content (AvgIpc) is 2.28. The van der Waals surface area contributed by atoms with Crippen LogP contribution in [0.2, 0.25) is 0 Å². The Hall–Kier alpha value is -1.83. The zero-order chi connectivity index (χ0) is 13.4. The van der Waals surface area contributed by atoms with Gasteiger partial charge in [0.15, 0.2) is 6.10 Å². The number of carbonyl (C=O) groups excluding carboxylic acids is 2. The fourth-order valence-electron chi connectivity index (χ4n) is 0.953. The quantitative estimate of drug-likeness (QED) is 0.528. The van der Waals surface area contributed by atoms with E-state index in [0.29, 0.717) is 0 Å². The molecule has 0 saturated heterocycles. The highest BCUT2D eigenvalue weighted by Gasteiger charge is 2.19. The number of hydrogen-bond donors (Lipinski definition) is 3. The Balaban J connectivity index is 4.08. The molecule has 98 valence electrons. The SMILES string of the molecule is CNC(=O)CN(C)C(=O)NCC(OC)C(=O)O. The maximum absolute atomic E-state index is 11.4. The van der Waals surface area contributed by atoms with Gasteiger partial charge in [0.25, 0.3) is 0 Å². The Labute approximate surface area is 98.9 Å². The summed E-state index contributed by atoms with van der Waals surface area (Å²) in [7, 11) is 4.12. The van der Waals surface area contributed by atoms with Crippen LogP contribution in [0.25, 0.3) is 0 Å². The summed E-state index contributed by atoms with van der Waals surface area (Å²) in [6, 6.07) is -0.545. The zero-order valence-electron chi connectivity index (χ0n) is 10.0. The van der Waals surface area contributed by atoms with E-state index in [1.54, 1.807) is 0 Å². The van der Waals surface area contributed by atoms with Crippen LogP contribution in [0.5, 0.6) is 0 Å². The van der Waals surface area contributed by atoms with Crippen LogP contribution in [0.4, 0.5) is 4.79 Å². The fraction of sp³-hybridized carbons (Fsp3) is 0.667. The standard InChI is InChI=1S/C9H17N3O5/c1-10-7(13)5-12(2)9(16)11-4-6(17-3)8(14)15/h6H,4-5H2,1-3H3,(H,10,13)(H,11,16)(H,14,15). The van der Waals surface area contributed by atoms with Crippen molar-refractivity contribution in [1.82, 2.24) is 15.5 Å². The van der Waals surface area contributed by atoms with Gasteiger partial charge < -0.3 is 25.4 Å². The molecule has 0 aliphatic heterocycles. The summed E-state index contributed by atoms with van der Waals surface area (Å²) in [6.07, 6.45) is -1.10. The molecule has 0 aromatic heterocycles. The third-order valence-corrected chi connectivity index (χ3v) is 2.00. The number of carboxylic acid groups (broad SMARTS) is 1. The summed E-state index contributed by atoms with van der Waals surface area (Å²) in [5.74, 6) is -1.48. The maximum atomic E-state index is 11.4. The highest BCUT2D eigenvalue weighted by molar-refractivity contribution is 5.84. The number of urea groups is 1. The van der Waals surface area contributed by atoms with E-state index in [2.05, 4.69) is 15.4 Å². The molecular weight excluding hydrogens is 230 g/mol. The number of aliphatic carboxylic acids is 1. The molecule has 0 rings (SSSR count). The number of amides is 3. The van der Waals surface area contributed by atoms with Crippen molar-refractivity contribution < 1.29 is 24.2 Å². The van der Waals surface area contributed by atoms with E-state index < -0.39 is 18.1 Å². The van der Waals surface area contributed by atoms with Crippen molar-refractivity contribution in [3.05, 3.63) is 0 Å². The Kier molecular flexibility index (Phi) is 6.64. The number of ether oxygens (including phenoxy) is 1. The minimum Gasteiger partial charge on any atom is -0.479 e. The predicted octanol–water partition coefficient (Wildman–Crippen LogP) is -1.53. The third-order valence-electron chi connectivity index (χ3n) is 2.00. The first-order valence-electron chi connectivity index (χ1n) is 4.87.